The first-order valence-corrected chi connectivity index (χ1v) is 7.49. The average Bonchev–Trinajstić information content (AvgIpc) is 3.04. The van der Waals surface area contributed by atoms with Crippen LogP contribution in [0.3, 0.4) is 0 Å². The van der Waals surface area contributed by atoms with E-state index in [4.69, 9.17) is 15.2 Å². The van der Waals surface area contributed by atoms with Gasteiger partial charge in [0.25, 0.3) is 0 Å². The zero-order valence-electron chi connectivity index (χ0n) is 13.0. The van der Waals surface area contributed by atoms with E-state index in [-0.39, 0.29) is 0 Å². The zero-order chi connectivity index (χ0) is 15.5. The molecule has 2 aromatic rings. The summed E-state index contributed by atoms with van der Waals surface area (Å²) in [4.78, 5) is 2.26. The first-order valence-electron chi connectivity index (χ1n) is 7.49. The van der Waals surface area contributed by atoms with Gasteiger partial charge in [0.15, 0.2) is 5.82 Å². The summed E-state index contributed by atoms with van der Waals surface area (Å²) in [6.07, 6.45) is 2.01. The normalized spacial score (nSPS) is 15.9. The quantitative estimate of drug-likeness (QED) is 0.903. The van der Waals surface area contributed by atoms with Crippen LogP contribution in [0.5, 0.6) is 11.5 Å². The molecule has 1 saturated heterocycles. The Bertz CT molecular complexity index is 633. The number of hydrogen-bond donors (Lipinski definition) is 2. The fraction of sp³-hybridized carbons (Fsp3) is 0.438. The van der Waals surface area contributed by atoms with Gasteiger partial charge in [-0.2, -0.15) is 5.10 Å². The highest BCUT2D eigenvalue weighted by molar-refractivity contribution is 5.71. The van der Waals surface area contributed by atoms with E-state index in [1.54, 1.807) is 14.2 Å². The molecule has 0 radical (unpaired) electrons. The highest BCUT2D eigenvalue weighted by Crippen LogP contribution is 2.34. The molecule has 1 aromatic carbocycles. The number of H-pyrrole nitrogens is 1. The minimum atomic E-state index is 0.313. The number of methoxy groups -OCH3 is 2. The standard InChI is InChI=1S/C16H22N4O2/c1-21-12-3-4-15(22-2)13(9-12)14-10-16(19-18-14)20-7-5-11(17)6-8-20/h3-4,9-11H,5-8,17H2,1-2H3,(H,18,19). The van der Waals surface area contributed by atoms with Crippen LogP contribution in [0.4, 0.5) is 5.82 Å². The summed E-state index contributed by atoms with van der Waals surface area (Å²) in [5, 5.41) is 7.53. The number of aromatic amines is 1. The van der Waals surface area contributed by atoms with E-state index in [1.165, 1.54) is 0 Å². The lowest BCUT2D eigenvalue weighted by molar-refractivity contribution is 0.404. The molecular formula is C16H22N4O2. The summed E-state index contributed by atoms with van der Waals surface area (Å²) in [6, 6.07) is 8.09. The number of benzene rings is 1. The van der Waals surface area contributed by atoms with E-state index in [2.05, 4.69) is 15.1 Å². The van der Waals surface area contributed by atoms with Gasteiger partial charge in [-0.15, -0.1) is 0 Å². The van der Waals surface area contributed by atoms with Crippen LogP contribution in [0, 0.1) is 0 Å². The van der Waals surface area contributed by atoms with Crippen LogP contribution in [0.1, 0.15) is 12.8 Å². The minimum absolute atomic E-state index is 0.313. The van der Waals surface area contributed by atoms with Crippen molar-refractivity contribution in [2.24, 2.45) is 5.73 Å². The largest absolute Gasteiger partial charge is 0.497 e. The molecule has 1 aromatic heterocycles. The molecule has 2 heterocycles. The number of anilines is 1. The molecule has 3 rings (SSSR count). The van der Waals surface area contributed by atoms with Gasteiger partial charge >= 0.3 is 0 Å². The lowest BCUT2D eigenvalue weighted by atomic mass is 10.1. The number of nitrogens with zero attached hydrogens (tertiary/aromatic N) is 2. The van der Waals surface area contributed by atoms with Crippen molar-refractivity contribution in [3.8, 4) is 22.8 Å². The second-order valence-electron chi connectivity index (χ2n) is 5.53. The Morgan fingerprint density at radius 2 is 1.95 bits per heavy atom. The number of nitrogens with one attached hydrogen (secondary N) is 1. The monoisotopic (exact) mass is 302 g/mol. The Kier molecular flexibility index (Phi) is 4.20. The topological polar surface area (TPSA) is 76.4 Å². The summed E-state index contributed by atoms with van der Waals surface area (Å²) in [6.45, 7) is 1.89. The van der Waals surface area contributed by atoms with E-state index in [9.17, 15) is 0 Å². The predicted molar refractivity (Wildman–Crippen MR) is 86.6 cm³/mol. The molecule has 0 spiro atoms. The second kappa shape index (κ2) is 6.27. The molecule has 0 unspecified atom stereocenters. The summed E-state index contributed by atoms with van der Waals surface area (Å²) in [5.74, 6) is 2.53. The zero-order valence-corrected chi connectivity index (χ0v) is 13.0. The Morgan fingerprint density at radius 1 is 1.18 bits per heavy atom. The van der Waals surface area contributed by atoms with Crippen LogP contribution in [0.2, 0.25) is 0 Å². The molecule has 3 N–H and O–H groups in total. The maximum atomic E-state index is 5.96. The van der Waals surface area contributed by atoms with Gasteiger partial charge in [-0.25, -0.2) is 0 Å². The number of aromatic nitrogens is 2. The van der Waals surface area contributed by atoms with Gasteiger partial charge < -0.3 is 20.1 Å². The molecule has 22 heavy (non-hydrogen) atoms. The van der Waals surface area contributed by atoms with E-state index in [0.29, 0.717) is 6.04 Å². The number of hydrogen-bond acceptors (Lipinski definition) is 5. The van der Waals surface area contributed by atoms with Gasteiger partial charge in [-0.05, 0) is 31.0 Å². The molecule has 1 aliphatic rings. The number of ether oxygens (including phenoxy) is 2. The summed E-state index contributed by atoms with van der Waals surface area (Å²) < 4.78 is 10.7. The van der Waals surface area contributed by atoms with E-state index in [0.717, 1.165) is 54.5 Å². The van der Waals surface area contributed by atoms with Crippen molar-refractivity contribution in [3.05, 3.63) is 24.3 Å². The highest BCUT2D eigenvalue weighted by Gasteiger charge is 2.19. The molecule has 6 heteroatoms. The maximum Gasteiger partial charge on any atom is 0.150 e. The fourth-order valence-electron chi connectivity index (χ4n) is 2.76. The molecule has 1 aliphatic heterocycles. The summed E-state index contributed by atoms with van der Waals surface area (Å²) in [5.41, 5.74) is 7.81. The van der Waals surface area contributed by atoms with Crippen molar-refractivity contribution in [2.75, 3.05) is 32.2 Å². The van der Waals surface area contributed by atoms with Crippen molar-refractivity contribution < 1.29 is 9.47 Å². The van der Waals surface area contributed by atoms with Gasteiger partial charge in [-0.3, -0.25) is 5.10 Å². The Morgan fingerprint density at radius 3 is 2.64 bits per heavy atom. The highest BCUT2D eigenvalue weighted by atomic mass is 16.5. The lowest BCUT2D eigenvalue weighted by Crippen LogP contribution is -2.39. The molecule has 0 atom stereocenters. The Balaban J connectivity index is 1.87. The Labute approximate surface area is 130 Å². The van der Waals surface area contributed by atoms with Gasteiger partial charge in [0.05, 0.1) is 19.9 Å². The van der Waals surface area contributed by atoms with Crippen LogP contribution >= 0.6 is 0 Å². The van der Waals surface area contributed by atoms with Gasteiger partial charge in [0.1, 0.15) is 11.5 Å². The summed E-state index contributed by atoms with van der Waals surface area (Å²) >= 11 is 0. The van der Waals surface area contributed by atoms with E-state index >= 15 is 0 Å². The second-order valence-corrected chi connectivity index (χ2v) is 5.53. The molecule has 0 bridgehead atoms. The fourth-order valence-corrected chi connectivity index (χ4v) is 2.76. The molecule has 118 valence electrons. The van der Waals surface area contributed by atoms with Gasteiger partial charge in [-0.1, -0.05) is 0 Å². The smallest absolute Gasteiger partial charge is 0.150 e. The van der Waals surface area contributed by atoms with Crippen LogP contribution < -0.4 is 20.1 Å². The number of piperidine rings is 1. The van der Waals surface area contributed by atoms with Crippen LogP contribution in [0.25, 0.3) is 11.3 Å². The lowest BCUT2D eigenvalue weighted by Gasteiger charge is -2.29. The molecule has 6 nitrogen and oxygen atoms in total. The third-order valence-electron chi connectivity index (χ3n) is 4.12. The Hall–Kier alpha value is -2.21. The number of rotatable bonds is 4. The number of nitrogens with two attached hydrogens (primary N) is 1. The van der Waals surface area contributed by atoms with Crippen molar-refractivity contribution in [1.29, 1.82) is 0 Å². The van der Waals surface area contributed by atoms with E-state index in [1.807, 2.05) is 24.3 Å². The first kappa shape index (κ1) is 14.7. The third kappa shape index (κ3) is 2.87. The van der Waals surface area contributed by atoms with Crippen LogP contribution in [0.15, 0.2) is 24.3 Å². The van der Waals surface area contributed by atoms with Crippen molar-refractivity contribution >= 4 is 5.82 Å². The van der Waals surface area contributed by atoms with Crippen molar-refractivity contribution in [1.82, 2.24) is 10.2 Å². The van der Waals surface area contributed by atoms with E-state index < -0.39 is 0 Å². The van der Waals surface area contributed by atoms with Gasteiger partial charge in [0, 0.05) is 30.8 Å². The molecule has 0 saturated carbocycles. The molecule has 0 aliphatic carbocycles. The van der Waals surface area contributed by atoms with Crippen LogP contribution in [-0.2, 0) is 0 Å². The van der Waals surface area contributed by atoms with Crippen molar-refractivity contribution in [2.45, 2.75) is 18.9 Å². The molecular weight excluding hydrogens is 280 g/mol. The third-order valence-corrected chi connectivity index (χ3v) is 4.12. The first-order chi connectivity index (χ1) is 10.7. The predicted octanol–water partition coefficient (Wildman–Crippen LogP) is 2.02. The van der Waals surface area contributed by atoms with Gasteiger partial charge in [0.2, 0.25) is 0 Å². The van der Waals surface area contributed by atoms with Crippen molar-refractivity contribution in [3.63, 3.8) is 0 Å². The van der Waals surface area contributed by atoms with Crippen LogP contribution in [-0.4, -0.2) is 43.5 Å². The average molecular weight is 302 g/mol. The SMILES string of the molecule is COc1ccc(OC)c(-c2cc(N3CCC(N)CC3)n[nH]2)c1. The summed E-state index contributed by atoms with van der Waals surface area (Å²) in [7, 11) is 3.32. The minimum Gasteiger partial charge on any atom is -0.497 e. The maximum absolute atomic E-state index is 5.96. The molecule has 1 fully saturated rings. The molecule has 0 amide bonds.